The van der Waals surface area contributed by atoms with Crippen LogP contribution in [-0.4, -0.2) is 62.2 Å². The minimum Gasteiger partial charge on any atom is -0.458 e. The van der Waals surface area contributed by atoms with Crippen molar-refractivity contribution in [3.05, 3.63) is 115 Å². The smallest absolute Gasteiger partial charge is 0.338 e. The van der Waals surface area contributed by atoms with Crippen molar-refractivity contribution >= 4 is 21.8 Å². The van der Waals surface area contributed by atoms with Crippen molar-refractivity contribution in [1.29, 1.82) is 0 Å². The van der Waals surface area contributed by atoms with E-state index in [9.17, 15) is 23.1 Å². The van der Waals surface area contributed by atoms with Crippen LogP contribution >= 0.6 is 0 Å². The van der Waals surface area contributed by atoms with E-state index in [-0.39, 0.29) is 23.7 Å². The number of carbonyl (C=O) groups is 2. The lowest BCUT2D eigenvalue weighted by molar-refractivity contribution is -0.0449. The van der Waals surface area contributed by atoms with Crippen molar-refractivity contribution in [2.24, 2.45) is 5.92 Å². The SMILES string of the molecule is C=CCC1O[C@H](C[C@@H](COC(=O)c2ccccc2)OC(=O)c2ccccc2)[C@H](O)[C@H]1CS(=O)(=O)c1ccccc1. The van der Waals surface area contributed by atoms with Crippen LogP contribution in [0.25, 0.3) is 0 Å². The highest BCUT2D eigenvalue weighted by Gasteiger charge is 2.46. The molecular weight excluding hydrogens is 532 g/mol. The minimum atomic E-state index is -3.72. The van der Waals surface area contributed by atoms with Crippen LogP contribution in [0.1, 0.15) is 33.6 Å². The molecule has 0 spiro atoms. The number of rotatable bonds is 12. The van der Waals surface area contributed by atoms with E-state index in [1.165, 1.54) is 12.1 Å². The highest BCUT2D eigenvalue weighted by atomic mass is 32.2. The van der Waals surface area contributed by atoms with E-state index in [1.807, 2.05) is 0 Å². The molecule has 40 heavy (non-hydrogen) atoms. The fourth-order valence-electron chi connectivity index (χ4n) is 4.70. The standard InChI is InChI=1S/C31H32O8S/c1-2-12-27-26(21-40(35,36)25-17-10-5-11-18-25)29(32)28(39-27)19-24(38-31(34)23-15-8-4-9-16-23)20-37-30(33)22-13-6-3-7-14-22/h2-11,13-18,24,26-29,32H,1,12,19-21H2/t24-,26-,27?,28+,29+/m0/s1. The number of benzene rings is 3. The third-order valence-corrected chi connectivity index (χ3v) is 8.56. The maximum Gasteiger partial charge on any atom is 0.338 e. The molecule has 0 saturated carbocycles. The molecule has 0 aromatic heterocycles. The monoisotopic (exact) mass is 564 g/mol. The molecule has 3 aromatic rings. The number of ether oxygens (including phenoxy) is 3. The van der Waals surface area contributed by atoms with Crippen molar-refractivity contribution in [3.63, 3.8) is 0 Å². The average molecular weight is 565 g/mol. The molecule has 1 N–H and O–H groups in total. The van der Waals surface area contributed by atoms with E-state index < -0.39 is 52.1 Å². The molecule has 0 bridgehead atoms. The molecule has 1 saturated heterocycles. The molecule has 210 valence electrons. The summed E-state index contributed by atoms with van der Waals surface area (Å²) in [5.74, 6) is -2.29. The van der Waals surface area contributed by atoms with Crippen molar-refractivity contribution in [2.75, 3.05) is 12.4 Å². The Bertz CT molecular complexity index is 1380. The molecule has 0 amide bonds. The highest BCUT2D eigenvalue weighted by Crippen LogP contribution is 2.34. The van der Waals surface area contributed by atoms with Crippen molar-refractivity contribution in [3.8, 4) is 0 Å². The van der Waals surface area contributed by atoms with Crippen molar-refractivity contribution in [1.82, 2.24) is 0 Å². The Morgan fingerprint density at radius 2 is 1.43 bits per heavy atom. The third kappa shape index (κ3) is 7.44. The summed E-state index contributed by atoms with van der Waals surface area (Å²) in [6.07, 6.45) is -1.72. The van der Waals surface area contributed by atoms with Crippen LogP contribution in [0, 0.1) is 5.92 Å². The van der Waals surface area contributed by atoms with E-state index in [0.717, 1.165) is 0 Å². The number of esters is 2. The van der Waals surface area contributed by atoms with E-state index in [2.05, 4.69) is 6.58 Å². The summed E-state index contributed by atoms with van der Waals surface area (Å²) >= 11 is 0. The molecule has 1 heterocycles. The molecule has 1 aliphatic heterocycles. The van der Waals surface area contributed by atoms with Gasteiger partial charge in [0.1, 0.15) is 12.7 Å². The van der Waals surface area contributed by atoms with Gasteiger partial charge in [-0.3, -0.25) is 0 Å². The second-order valence-electron chi connectivity index (χ2n) is 9.58. The molecule has 1 unspecified atom stereocenters. The Hall–Kier alpha value is -3.79. The first-order valence-electron chi connectivity index (χ1n) is 13.0. The van der Waals surface area contributed by atoms with Crippen LogP contribution in [0.2, 0.25) is 0 Å². The lowest BCUT2D eigenvalue weighted by Gasteiger charge is -2.23. The van der Waals surface area contributed by atoms with Crippen LogP contribution in [0.15, 0.2) is 109 Å². The number of hydrogen-bond donors (Lipinski definition) is 1. The van der Waals surface area contributed by atoms with Gasteiger partial charge in [0.2, 0.25) is 0 Å². The van der Waals surface area contributed by atoms with E-state index in [0.29, 0.717) is 17.5 Å². The summed E-state index contributed by atoms with van der Waals surface area (Å²) < 4.78 is 43.5. The Labute approximate surface area is 234 Å². The molecule has 1 fully saturated rings. The Morgan fingerprint density at radius 3 is 2.00 bits per heavy atom. The first kappa shape index (κ1) is 29.2. The van der Waals surface area contributed by atoms with Gasteiger partial charge in [-0.1, -0.05) is 60.7 Å². The first-order chi connectivity index (χ1) is 19.3. The summed E-state index contributed by atoms with van der Waals surface area (Å²) in [5.41, 5.74) is 0.649. The zero-order valence-electron chi connectivity index (χ0n) is 21.9. The van der Waals surface area contributed by atoms with Crippen molar-refractivity contribution < 1.29 is 37.3 Å². The predicted octanol–water partition coefficient (Wildman–Crippen LogP) is 4.25. The van der Waals surface area contributed by atoms with Crippen LogP contribution in [0.4, 0.5) is 0 Å². The molecule has 3 aromatic carbocycles. The average Bonchev–Trinajstić information content (AvgIpc) is 3.25. The fraction of sp³-hybridized carbons (Fsp3) is 0.290. The van der Waals surface area contributed by atoms with Gasteiger partial charge in [0.15, 0.2) is 9.84 Å². The van der Waals surface area contributed by atoms with Gasteiger partial charge >= 0.3 is 11.9 Å². The highest BCUT2D eigenvalue weighted by molar-refractivity contribution is 7.91. The number of sulfone groups is 1. The molecule has 1 aliphatic rings. The van der Waals surface area contributed by atoms with Crippen LogP contribution in [-0.2, 0) is 24.0 Å². The maximum atomic E-state index is 13.1. The molecule has 4 rings (SSSR count). The minimum absolute atomic E-state index is 0.0165. The molecule has 0 radical (unpaired) electrons. The molecule has 5 atom stereocenters. The maximum absolute atomic E-state index is 13.1. The van der Waals surface area contributed by atoms with Crippen LogP contribution < -0.4 is 0 Å². The number of aliphatic hydroxyl groups is 1. The van der Waals surface area contributed by atoms with Gasteiger partial charge in [-0.25, -0.2) is 18.0 Å². The normalized spacial score (nSPS) is 21.3. The number of aliphatic hydroxyl groups excluding tert-OH is 1. The molecule has 8 nitrogen and oxygen atoms in total. The largest absolute Gasteiger partial charge is 0.458 e. The van der Waals surface area contributed by atoms with Gasteiger partial charge < -0.3 is 19.3 Å². The number of hydrogen-bond acceptors (Lipinski definition) is 8. The lowest BCUT2D eigenvalue weighted by Crippen LogP contribution is -2.36. The summed E-state index contributed by atoms with van der Waals surface area (Å²) in [6.45, 7) is 3.46. The van der Waals surface area contributed by atoms with Crippen molar-refractivity contribution in [2.45, 2.75) is 42.2 Å². The Balaban J connectivity index is 1.50. The lowest BCUT2D eigenvalue weighted by atomic mass is 9.94. The Morgan fingerprint density at radius 1 is 0.875 bits per heavy atom. The second kappa shape index (κ2) is 13.5. The summed E-state index contributed by atoms with van der Waals surface area (Å²) in [5, 5.41) is 11.2. The summed E-state index contributed by atoms with van der Waals surface area (Å²) in [6, 6.07) is 24.8. The zero-order chi connectivity index (χ0) is 28.5. The zero-order valence-corrected chi connectivity index (χ0v) is 22.7. The van der Waals surface area contributed by atoms with Crippen LogP contribution in [0.5, 0.6) is 0 Å². The summed E-state index contributed by atoms with van der Waals surface area (Å²) in [7, 11) is -3.72. The Kier molecular flexibility index (Phi) is 9.87. The van der Waals surface area contributed by atoms with E-state index in [4.69, 9.17) is 14.2 Å². The third-order valence-electron chi connectivity index (χ3n) is 6.75. The topological polar surface area (TPSA) is 116 Å². The molecule has 0 aliphatic carbocycles. The molecule has 9 heteroatoms. The van der Waals surface area contributed by atoms with Gasteiger partial charge in [0, 0.05) is 12.3 Å². The quantitative estimate of drug-likeness (QED) is 0.256. The van der Waals surface area contributed by atoms with Gasteiger partial charge in [0.25, 0.3) is 0 Å². The van der Waals surface area contributed by atoms with Gasteiger partial charge in [-0.05, 0) is 42.8 Å². The van der Waals surface area contributed by atoms with Crippen LogP contribution in [0.3, 0.4) is 0 Å². The fourth-order valence-corrected chi connectivity index (χ4v) is 6.39. The van der Waals surface area contributed by atoms with E-state index >= 15 is 0 Å². The summed E-state index contributed by atoms with van der Waals surface area (Å²) in [4.78, 5) is 25.6. The van der Waals surface area contributed by atoms with Gasteiger partial charge in [-0.15, -0.1) is 6.58 Å². The molecular formula is C31H32O8S. The second-order valence-corrected chi connectivity index (χ2v) is 11.6. The first-order valence-corrected chi connectivity index (χ1v) is 14.6. The van der Waals surface area contributed by atoms with Gasteiger partial charge in [-0.2, -0.15) is 0 Å². The van der Waals surface area contributed by atoms with E-state index in [1.54, 1.807) is 84.9 Å². The number of carbonyl (C=O) groups excluding carboxylic acids is 2. The van der Waals surface area contributed by atoms with Gasteiger partial charge in [0.05, 0.1) is 40.1 Å². The predicted molar refractivity (Wildman–Crippen MR) is 148 cm³/mol.